The first-order valence-electron chi connectivity index (χ1n) is 7.13. The summed E-state index contributed by atoms with van der Waals surface area (Å²) < 4.78 is 1.45. The van der Waals surface area contributed by atoms with E-state index >= 15 is 0 Å². The predicted molar refractivity (Wildman–Crippen MR) is 83.4 cm³/mol. The summed E-state index contributed by atoms with van der Waals surface area (Å²) in [6.45, 7) is 4.00. The Balaban J connectivity index is 2.12. The van der Waals surface area contributed by atoms with Gasteiger partial charge in [0.15, 0.2) is 11.5 Å². The van der Waals surface area contributed by atoms with E-state index in [1.54, 1.807) is 24.7 Å². The molecule has 3 heterocycles. The Morgan fingerprint density at radius 3 is 2.52 bits per heavy atom. The highest BCUT2D eigenvalue weighted by Gasteiger charge is 2.13. The summed E-state index contributed by atoms with van der Waals surface area (Å²) in [7, 11) is 0. The van der Waals surface area contributed by atoms with E-state index in [2.05, 4.69) is 20.1 Å². The van der Waals surface area contributed by atoms with Gasteiger partial charge in [-0.15, -0.1) is 0 Å². The highest BCUT2D eigenvalue weighted by Crippen LogP contribution is 2.21. The van der Waals surface area contributed by atoms with Gasteiger partial charge in [0.2, 0.25) is 0 Å². The fourth-order valence-electron chi connectivity index (χ4n) is 2.06. The molecule has 0 aliphatic carbocycles. The van der Waals surface area contributed by atoms with Gasteiger partial charge in [0.25, 0.3) is 0 Å². The number of hydrogen-bond donors (Lipinski definition) is 1. The maximum Gasteiger partial charge on any atom is 0.356 e. The molecule has 23 heavy (non-hydrogen) atoms. The molecule has 0 saturated carbocycles. The Kier molecular flexibility index (Phi) is 3.84. The predicted octanol–water partition coefficient (Wildman–Crippen LogP) is 2.55. The second kappa shape index (κ2) is 5.96. The Bertz CT molecular complexity index is 843. The van der Waals surface area contributed by atoms with Gasteiger partial charge in [-0.1, -0.05) is 13.8 Å². The Hall–Kier alpha value is -3.09. The van der Waals surface area contributed by atoms with Crippen LogP contribution in [0.25, 0.3) is 17.1 Å². The lowest BCUT2D eigenvalue weighted by atomic mass is 10.1. The normalized spacial score (nSPS) is 10.9. The minimum atomic E-state index is -1.07. The third kappa shape index (κ3) is 3.08. The van der Waals surface area contributed by atoms with E-state index in [-0.39, 0.29) is 11.6 Å². The summed E-state index contributed by atoms with van der Waals surface area (Å²) in [5.41, 5.74) is 1.63. The largest absolute Gasteiger partial charge is 0.476 e. The molecule has 0 atom stereocenters. The molecule has 1 N–H and O–H groups in total. The lowest BCUT2D eigenvalue weighted by Crippen LogP contribution is -2.07. The number of nitrogens with zero attached hydrogens (tertiary/aromatic N) is 5. The smallest absolute Gasteiger partial charge is 0.356 e. The maximum absolute atomic E-state index is 11.0. The second-order valence-electron chi connectivity index (χ2n) is 5.31. The van der Waals surface area contributed by atoms with Gasteiger partial charge in [0.1, 0.15) is 5.82 Å². The van der Waals surface area contributed by atoms with E-state index in [1.165, 1.54) is 10.7 Å². The molecule has 0 fully saturated rings. The van der Waals surface area contributed by atoms with Crippen molar-refractivity contribution >= 4 is 5.97 Å². The third-order valence-corrected chi connectivity index (χ3v) is 3.27. The van der Waals surface area contributed by atoms with Crippen molar-refractivity contribution in [1.82, 2.24) is 24.7 Å². The van der Waals surface area contributed by atoms with Gasteiger partial charge in [-0.05, 0) is 18.2 Å². The molecule has 7 nitrogen and oxygen atoms in total. The van der Waals surface area contributed by atoms with Gasteiger partial charge in [-0.3, -0.25) is 4.98 Å². The molecule has 3 aromatic rings. The molecule has 0 radical (unpaired) electrons. The molecular weight excluding hydrogens is 294 g/mol. The lowest BCUT2D eigenvalue weighted by molar-refractivity contribution is 0.0690. The molecule has 3 rings (SSSR count). The summed E-state index contributed by atoms with van der Waals surface area (Å²) in [5.74, 6) is 0.256. The molecule has 0 aliphatic heterocycles. The topological polar surface area (TPSA) is 93.8 Å². The van der Waals surface area contributed by atoms with Crippen LogP contribution in [0.1, 0.15) is 36.1 Å². The van der Waals surface area contributed by atoms with Gasteiger partial charge in [-0.25, -0.2) is 19.4 Å². The average Bonchev–Trinajstić information content (AvgIpc) is 3.05. The first-order valence-corrected chi connectivity index (χ1v) is 7.13. The van der Waals surface area contributed by atoms with Crippen LogP contribution in [0.5, 0.6) is 0 Å². The number of carboxylic acid groups (broad SMARTS) is 1. The van der Waals surface area contributed by atoms with Crippen molar-refractivity contribution in [2.24, 2.45) is 0 Å². The molecule has 0 spiro atoms. The van der Waals surface area contributed by atoms with Crippen molar-refractivity contribution in [1.29, 1.82) is 0 Å². The summed E-state index contributed by atoms with van der Waals surface area (Å²) in [6, 6.07) is 6.94. The van der Waals surface area contributed by atoms with Gasteiger partial charge < -0.3 is 5.11 Å². The molecule has 7 heteroatoms. The number of rotatable bonds is 4. The third-order valence-electron chi connectivity index (χ3n) is 3.27. The Morgan fingerprint density at radius 1 is 1.17 bits per heavy atom. The first kappa shape index (κ1) is 14.8. The first-order chi connectivity index (χ1) is 11.0. The van der Waals surface area contributed by atoms with Gasteiger partial charge in [-0.2, -0.15) is 5.10 Å². The van der Waals surface area contributed by atoms with Crippen LogP contribution < -0.4 is 0 Å². The summed E-state index contributed by atoms with van der Waals surface area (Å²) >= 11 is 0. The van der Waals surface area contributed by atoms with Crippen LogP contribution in [0.15, 0.2) is 42.9 Å². The van der Waals surface area contributed by atoms with E-state index in [4.69, 9.17) is 5.11 Å². The van der Waals surface area contributed by atoms with Crippen LogP contribution >= 0.6 is 0 Å². The zero-order valence-corrected chi connectivity index (χ0v) is 12.7. The molecule has 0 aliphatic rings. The van der Waals surface area contributed by atoms with Crippen molar-refractivity contribution in [2.45, 2.75) is 19.8 Å². The molecule has 3 aromatic heterocycles. The molecule has 116 valence electrons. The Labute approximate surface area is 132 Å². The van der Waals surface area contributed by atoms with Gasteiger partial charge >= 0.3 is 5.97 Å². The number of pyridine rings is 1. The Morgan fingerprint density at radius 2 is 1.91 bits per heavy atom. The van der Waals surface area contributed by atoms with Gasteiger partial charge in [0, 0.05) is 36.1 Å². The van der Waals surface area contributed by atoms with Gasteiger partial charge in [0.05, 0.1) is 5.69 Å². The number of carboxylic acids is 1. The standard InChI is InChI=1S/C16H15N5O2/c1-10(2)15-18-13(11-3-6-17-7-4-11)9-14(19-15)21-8-5-12(20-21)16(22)23/h3-10H,1-2H3,(H,22,23). The minimum absolute atomic E-state index is 0.0276. The highest BCUT2D eigenvalue weighted by molar-refractivity contribution is 5.85. The van der Waals surface area contributed by atoms with Crippen molar-refractivity contribution in [3.05, 3.63) is 54.4 Å². The van der Waals surface area contributed by atoms with Crippen molar-refractivity contribution in [3.63, 3.8) is 0 Å². The fraction of sp³-hybridized carbons (Fsp3) is 0.188. The van der Waals surface area contributed by atoms with Crippen LogP contribution in [-0.2, 0) is 0 Å². The average molecular weight is 309 g/mol. The lowest BCUT2D eigenvalue weighted by Gasteiger charge is -2.10. The number of hydrogen-bond acceptors (Lipinski definition) is 5. The van der Waals surface area contributed by atoms with E-state index in [0.717, 1.165) is 11.3 Å². The summed E-state index contributed by atoms with van der Waals surface area (Å²) in [4.78, 5) is 24.1. The SMILES string of the molecule is CC(C)c1nc(-c2ccncc2)cc(-n2ccc(C(=O)O)n2)n1. The van der Waals surface area contributed by atoms with E-state index < -0.39 is 5.97 Å². The summed E-state index contributed by atoms with van der Waals surface area (Å²) in [6.07, 6.45) is 4.97. The summed E-state index contributed by atoms with van der Waals surface area (Å²) in [5, 5.41) is 13.0. The minimum Gasteiger partial charge on any atom is -0.476 e. The number of aromatic nitrogens is 5. The quantitative estimate of drug-likeness (QED) is 0.796. The van der Waals surface area contributed by atoms with Crippen LogP contribution in [0.4, 0.5) is 0 Å². The van der Waals surface area contributed by atoms with Crippen molar-refractivity contribution in [2.75, 3.05) is 0 Å². The molecule has 0 saturated heterocycles. The molecule has 0 unspecified atom stereocenters. The van der Waals surface area contributed by atoms with Crippen LogP contribution in [0.2, 0.25) is 0 Å². The second-order valence-corrected chi connectivity index (χ2v) is 5.31. The van der Waals surface area contributed by atoms with E-state index in [1.807, 2.05) is 26.0 Å². The molecule has 0 aromatic carbocycles. The van der Waals surface area contributed by atoms with Crippen molar-refractivity contribution < 1.29 is 9.90 Å². The zero-order chi connectivity index (χ0) is 16.4. The zero-order valence-electron chi connectivity index (χ0n) is 12.7. The van der Waals surface area contributed by atoms with E-state index in [9.17, 15) is 4.79 Å². The highest BCUT2D eigenvalue weighted by atomic mass is 16.4. The van der Waals surface area contributed by atoms with Crippen LogP contribution in [-0.4, -0.2) is 35.8 Å². The number of carbonyl (C=O) groups is 1. The molecule has 0 bridgehead atoms. The van der Waals surface area contributed by atoms with Crippen LogP contribution in [0.3, 0.4) is 0 Å². The van der Waals surface area contributed by atoms with Crippen molar-refractivity contribution in [3.8, 4) is 17.1 Å². The molecule has 0 amide bonds. The fourth-order valence-corrected chi connectivity index (χ4v) is 2.06. The maximum atomic E-state index is 11.0. The number of aromatic carboxylic acids is 1. The van der Waals surface area contributed by atoms with E-state index in [0.29, 0.717) is 11.6 Å². The molecular formula is C16H15N5O2. The monoisotopic (exact) mass is 309 g/mol. The van der Waals surface area contributed by atoms with Crippen LogP contribution in [0, 0.1) is 0 Å².